The van der Waals surface area contributed by atoms with Crippen molar-refractivity contribution in [2.45, 2.75) is 58.4 Å². The summed E-state index contributed by atoms with van der Waals surface area (Å²) in [6.45, 7) is 8.32. The van der Waals surface area contributed by atoms with Crippen molar-refractivity contribution in [1.29, 1.82) is 0 Å². The van der Waals surface area contributed by atoms with E-state index in [0.29, 0.717) is 6.61 Å². The first-order chi connectivity index (χ1) is 12.7. The number of carbonyl (C=O) groups excluding carboxylic acids is 1. The van der Waals surface area contributed by atoms with Crippen molar-refractivity contribution in [2.75, 3.05) is 6.61 Å². The largest absolute Gasteiger partial charge is 0.480 e. The standard InChI is InChI=1S/C10H13NO3.C9H17NO4/c11-9(10(12)13)7-14-6-8-4-2-1-3-5-8;1-8(2,3)14-7(13)10-9(4,5)6(11)12/h1-5,9H,6-7,11H2,(H,12,13);1-5H3,(H,10,13)(H,11,12)/t9-;/m1./s1. The van der Waals surface area contributed by atoms with E-state index >= 15 is 0 Å². The van der Waals surface area contributed by atoms with Crippen LogP contribution in [0.1, 0.15) is 40.2 Å². The molecule has 0 radical (unpaired) electrons. The van der Waals surface area contributed by atoms with Crippen LogP contribution in [0, 0.1) is 0 Å². The molecule has 1 aromatic rings. The van der Waals surface area contributed by atoms with Crippen LogP contribution >= 0.6 is 0 Å². The average molecular weight is 398 g/mol. The van der Waals surface area contributed by atoms with Crippen molar-refractivity contribution in [3.8, 4) is 0 Å². The summed E-state index contributed by atoms with van der Waals surface area (Å²) >= 11 is 0. The van der Waals surface area contributed by atoms with Gasteiger partial charge in [-0.15, -0.1) is 0 Å². The Hall–Kier alpha value is -2.65. The lowest BCUT2D eigenvalue weighted by Gasteiger charge is -2.25. The van der Waals surface area contributed by atoms with Crippen LogP contribution in [-0.2, 0) is 25.7 Å². The molecular weight excluding hydrogens is 368 g/mol. The topological polar surface area (TPSA) is 148 Å². The molecule has 1 aromatic carbocycles. The van der Waals surface area contributed by atoms with Crippen LogP contribution in [0.4, 0.5) is 4.79 Å². The smallest absolute Gasteiger partial charge is 0.408 e. The fourth-order valence-electron chi connectivity index (χ4n) is 1.56. The van der Waals surface area contributed by atoms with Gasteiger partial charge in [0.15, 0.2) is 0 Å². The first-order valence-electron chi connectivity index (χ1n) is 8.59. The van der Waals surface area contributed by atoms with Gasteiger partial charge in [-0.05, 0) is 40.2 Å². The summed E-state index contributed by atoms with van der Waals surface area (Å²) in [5.74, 6) is -2.15. The highest BCUT2D eigenvalue weighted by atomic mass is 16.6. The van der Waals surface area contributed by atoms with Gasteiger partial charge in [-0.3, -0.25) is 4.79 Å². The molecule has 0 aromatic heterocycles. The number of amides is 1. The molecule has 0 spiro atoms. The van der Waals surface area contributed by atoms with Gasteiger partial charge in [-0.1, -0.05) is 30.3 Å². The molecule has 5 N–H and O–H groups in total. The number of alkyl carbamates (subject to hydrolysis) is 1. The summed E-state index contributed by atoms with van der Waals surface area (Å²) in [4.78, 5) is 32.2. The van der Waals surface area contributed by atoms with Gasteiger partial charge in [-0.2, -0.15) is 0 Å². The molecule has 1 atom stereocenters. The van der Waals surface area contributed by atoms with E-state index in [1.54, 1.807) is 20.8 Å². The number of aliphatic carboxylic acids is 2. The summed E-state index contributed by atoms with van der Waals surface area (Å²) in [5.41, 5.74) is 4.32. The van der Waals surface area contributed by atoms with Crippen LogP contribution in [0.15, 0.2) is 30.3 Å². The Morgan fingerprint density at radius 3 is 2.04 bits per heavy atom. The summed E-state index contributed by atoms with van der Waals surface area (Å²) in [6.07, 6.45) is -0.732. The summed E-state index contributed by atoms with van der Waals surface area (Å²) in [7, 11) is 0. The van der Waals surface area contributed by atoms with Crippen LogP contribution < -0.4 is 11.1 Å². The van der Waals surface area contributed by atoms with Crippen LogP contribution in [0.5, 0.6) is 0 Å². The van der Waals surface area contributed by atoms with Crippen molar-refractivity contribution in [3.63, 3.8) is 0 Å². The predicted molar refractivity (Wildman–Crippen MR) is 103 cm³/mol. The fourth-order valence-corrected chi connectivity index (χ4v) is 1.56. The van der Waals surface area contributed by atoms with E-state index in [9.17, 15) is 14.4 Å². The number of carboxylic acids is 2. The molecule has 9 nitrogen and oxygen atoms in total. The zero-order chi connectivity index (χ0) is 22.0. The second-order valence-corrected chi connectivity index (χ2v) is 7.50. The third-order valence-corrected chi connectivity index (χ3v) is 3.07. The zero-order valence-electron chi connectivity index (χ0n) is 16.9. The summed E-state index contributed by atoms with van der Waals surface area (Å²) < 4.78 is 10.0. The highest BCUT2D eigenvalue weighted by Gasteiger charge is 2.31. The number of carboxylic acid groups (broad SMARTS) is 2. The first kappa shape index (κ1) is 25.4. The maximum atomic E-state index is 11.2. The minimum atomic E-state index is -1.32. The lowest BCUT2D eigenvalue weighted by molar-refractivity contribution is -0.143. The monoisotopic (exact) mass is 398 g/mol. The number of carbonyl (C=O) groups is 3. The van der Waals surface area contributed by atoms with Crippen molar-refractivity contribution in [3.05, 3.63) is 35.9 Å². The highest BCUT2D eigenvalue weighted by molar-refractivity contribution is 5.83. The minimum Gasteiger partial charge on any atom is -0.480 e. The molecule has 0 unspecified atom stereocenters. The number of ether oxygens (including phenoxy) is 2. The van der Waals surface area contributed by atoms with Gasteiger partial charge < -0.3 is 30.7 Å². The predicted octanol–water partition coefficient (Wildman–Crippen LogP) is 1.99. The number of rotatable bonds is 7. The van der Waals surface area contributed by atoms with Gasteiger partial charge in [0.05, 0.1) is 13.2 Å². The van der Waals surface area contributed by atoms with Crippen LogP contribution in [0.25, 0.3) is 0 Å². The molecule has 28 heavy (non-hydrogen) atoms. The molecular formula is C19H30N2O7. The molecule has 1 rings (SSSR count). The van der Waals surface area contributed by atoms with E-state index in [0.717, 1.165) is 5.56 Å². The quantitative estimate of drug-likeness (QED) is 0.545. The van der Waals surface area contributed by atoms with E-state index in [4.69, 9.17) is 25.4 Å². The molecule has 0 fully saturated rings. The Morgan fingerprint density at radius 1 is 1.07 bits per heavy atom. The van der Waals surface area contributed by atoms with Gasteiger partial charge in [0.1, 0.15) is 17.2 Å². The Balaban J connectivity index is 0.000000521. The lowest BCUT2D eigenvalue weighted by atomic mass is 10.1. The minimum absolute atomic E-state index is 0.0320. The summed E-state index contributed by atoms with van der Waals surface area (Å²) in [6, 6.07) is 8.58. The lowest BCUT2D eigenvalue weighted by Crippen LogP contribution is -2.51. The van der Waals surface area contributed by atoms with E-state index < -0.39 is 35.2 Å². The number of hydrogen-bond donors (Lipinski definition) is 4. The fraction of sp³-hybridized carbons (Fsp3) is 0.526. The molecule has 0 aliphatic heterocycles. The molecule has 1 amide bonds. The Labute approximate surface area is 164 Å². The first-order valence-corrected chi connectivity index (χ1v) is 8.59. The number of benzene rings is 1. The van der Waals surface area contributed by atoms with E-state index in [1.165, 1.54) is 13.8 Å². The third kappa shape index (κ3) is 11.9. The Bertz CT molecular complexity index is 639. The van der Waals surface area contributed by atoms with Crippen molar-refractivity contribution >= 4 is 18.0 Å². The van der Waals surface area contributed by atoms with E-state index in [1.807, 2.05) is 30.3 Å². The average Bonchev–Trinajstić information content (AvgIpc) is 2.53. The third-order valence-electron chi connectivity index (χ3n) is 3.07. The zero-order valence-corrected chi connectivity index (χ0v) is 16.9. The second kappa shape index (κ2) is 11.3. The van der Waals surface area contributed by atoms with Crippen molar-refractivity contribution in [1.82, 2.24) is 5.32 Å². The molecule has 158 valence electrons. The van der Waals surface area contributed by atoms with Gasteiger partial charge in [-0.25, -0.2) is 9.59 Å². The second-order valence-electron chi connectivity index (χ2n) is 7.50. The van der Waals surface area contributed by atoms with Crippen molar-refractivity contribution in [2.24, 2.45) is 5.73 Å². The number of hydrogen-bond acceptors (Lipinski definition) is 6. The van der Waals surface area contributed by atoms with Gasteiger partial charge in [0.2, 0.25) is 0 Å². The molecule has 9 heteroatoms. The van der Waals surface area contributed by atoms with Gasteiger partial charge >= 0.3 is 18.0 Å². The number of nitrogens with one attached hydrogen (secondary N) is 1. The highest BCUT2D eigenvalue weighted by Crippen LogP contribution is 2.09. The maximum Gasteiger partial charge on any atom is 0.408 e. The molecule has 0 saturated carbocycles. The summed E-state index contributed by atoms with van der Waals surface area (Å²) in [5, 5.41) is 19.4. The van der Waals surface area contributed by atoms with E-state index in [2.05, 4.69) is 5.32 Å². The van der Waals surface area contributed by atoms with Crippen LogP contribution in [0.2, 0.25) is 0 Å². The van der Waals surface area contributed by atoms with Gasteiger partial charge in [0.25, 0.3) is 0 Å². The normalized spacial score (nSPS) is 12.2. The number of nitrogens with two attached hydrogens (primary N) is 1. The molecule has 0 heterocycles. The van der Waals surface area contributed by atoms with Crippen LogP contribution in [-0.4, -0.2) is 52.0 Å². The molecule has 0 aliphatic rings. The molecule has 0 saturated heterocycles. The van der Waals surface area contributed by atoms with Crippen molar-refractivity contribution < 1.29 is 34.1 Å². The Morgan fingerprint density at radius 2 is 1.61 bits per heavy atom. The van der Waals surface area contributed by atoms with Gasteiger partial charge in [0, 0.05) is 0 Å². The Kier molecular flexibility index (Phi) is 10.2. The van der Waals surface area contributed by atoms with Crippen LogP contribution in [0.3, 0.4) is 0 Å². The molecule has 0 aliphatic carbocycles. The molecule has 0 bridgehead atoms. The SMILES string of the molecule is CC(C)(C)OC(=O)NC(C)(C)C(=O)O.N[C@H](COCc1ccccc1)C(=O)O. The van der Waals surface area contributed by atoms with E-state index in [-0.39, 0.29) is 6.61 Å². The maximum absolute atomic E-state index is 11.2.